The molecule has 1 heterocycles. The van der Waals surface area contributed by atoms with Gasteiger partial charge in [-0.2, -0.15) is 0 Å². The second-order valence-electron chi connectivity index (χ2n) is 5.57. The Bertz CT molecular complexity index is 419. The van der Waals surface area contributed by atoms with Gasteiger partial charge in [-0.05, 0) is 38.1 Å². The van der Waals surface area contributed by atoms with Gasteiger partial charge in [-0.1, -0.05) is 13.3 Å². The molecule has 20 heavy (non-hydrogen) atoms. The maximum Gasteiger partial charge on any atom is 0.326 e. The molecule has 0 amide bonds. The minimum atomic E-state index is -0.481. The molecule has 0 aromatic carbocycles. The molecule has 112 valence electrons. The molecule has 0 spiro atoms. The van der Waals surface area contributed by atoms with E-state index in [0.29, 0.717) is 5.92 Å². The van der Waals surface area contributed by atoms with Crippen LogP contribution >= 0.6 is 0 Å². The van der Waals surface area contributed by atoms with E-state index in [0.717, 1.165) is 45.2 Å². The Kier molecular flexibility index (Phi) is 5.17. The summed E-state index contributed by atoms with van der Waals surface area (Å²) in [7, 11) is 1.49. The van der Waals surface area contributed by atoms with E-state index in [2.05, 4.69) is 21.8 Å². The Morgan fingerprint density at radius 1 is 1.60 bits per heavy atom. The molecule has 0 radical (unpaired) electrons. The summed E-state index contributed by atoms with van der Waals surface area (Å²) >= 11 is 0. The zero-order valence-corrected chi connectivity index (χ0v) is 12.5. The fourth-order valence-electron chi connectivity index (χ4n) is 3.30. The fraction of sp³-hybridized carbons (Fsp3) is 0.733. The molecule has 1 aromatic heterocycles. The summed E-state index contributed by atoms with van der Waals surface area (Å²) in [6.45, 7) is 3.88. The van der Waals surface area contributed by atoms with Crippen molar-refractivity contribution in [3.05, 3.63) is 18.7 Å². The van der Waals surface area contributed by atoms with E-state index in [4.69, 9.17) is 4.74 Å². The summed E-state index contributed by atoms with van der Waals surface area (Å²) in [5, 5.41) is 3.48. The van der Waals surface area contributed by atoms with Crippen LogP contribution in [0.15, 0.2) is 18.7 Å². The first-order valence-corrected chi connectivity index (χ1v) is 7.52. The molecule has 5 nitrogen and oxygen atoms in total. The fourth-order valence-corrected chi connectivity index (χ4v) is 3.30. The lowest BCUT2D eigenvalue weighted by molar-refractivity contribution is -0.150. The second-order valence-corrected chi connectivity index (χ2v) is 5.57. The largest absolute Gasteiger partial charge is 0.468 e. The standard InChI is InChI=1S/C15H25N3O2/c1-3-8-17-15(14(19)20-2)7-4-5-13(15)6-10-18-11-9-16-12-18/h9,11-13,17H,3-8,10H2,1-2H3. The van der Waals surface area contributed by atoms with Gasteiger partial charge in [-0.3, -0.25) is 4.79 Å². The van der Waals surface area contributed by atoms with Crippen LogP contribution in [0, 0.1) is 5.92 Å². The number of hydrogen-bond donors (Lipinski definition) is 1. The number of imidazole rings is 1. The van der Waals surface area contributed by atoms with Crippen LogP contribution in [0.5, 0.6) is 0 Å². The van der Waals surface area contributed by atoms with Crippen LogP contribution < -0.4 is 5.32 Å². The highest BCUT2D eigenvalue weighted by Gasteiger charge is 2.49. The summed E-state index contributed by atoms with van der Waals surface area (Å²) < 4.78 is 7.15. The van der Waals surface area contributed by atoms with Gasteiger partial charge >= 0.3 is 5.97 Å². The predicted molar refractivity (Wildman–Crippen MR) is 77.2 cm³/mol. The number of aromatic nitrogens is 2. The summed E-state index contributed by atoms with van der Waals surface area (Å²) in [4.78, 5) is 16.4. The van der Waals surface area contributed by atoms with Crippen LogP contribution in [-0.4, -0.2) is 34.7 Å². The topological polar surface area (TPSA) is 56.1 Å². The maximum absolute atomic E-state index is 12.3. The number of nitrogens with zero attached hydrogens (tertiary/aromatic N) is 2. The number of hydrogen-bond acceptors (Lipinski definition) is 4. The van der Waals surface area contributed by atoms with Gasteiger partial charge in [-0.25, -0.2) is 4.98 Å². The summed E-state index contributed by atoms with van der Waals surface area (Å²) in [5.74, 6) is 0.239. The Morgan fingerprint density at radius 3 is 3.10 bits per heavy atom. The third-order valence-electron chi connectivity index (χ3n) is 4.36. The van der Waals surface area contributed by atoms with Crippen molar-refractivity contribution in [2.45, 2.75) is 51.1 Å². The number of nitrogens with one attached hydrogen (secondary N) is 1. The molecular formula is C15H25N3O2. The molecule has 1 saturated carbocycles. The van der Waals surface area contributed by atoms with E-state index in [-0.39, 0.29) is 5.97 Å². The van der Waals surface area contributed by atoms with Gasteiger partial charge in [0.2, 0.25) is 0 Å². The molecule has 2 unspecified atom stereocenters. The van der Waals surface area contributed by atoms with Crippen LogP contribution in [0.2, 0.25) is 0 Å². The third-order valence-corrected chi connectivity index (χ3v) is 4.36. The van der Waals surface area contributed by atoms with Crippen molar-refractivity contribution in [3.63, 3.8) is 0 Å². The third kappa shape index (κ3) is 3.03. The first-order chi connectivity index (χ1) is 9.73. The average Bonchev–Trinajstić information content (AvgIpc) is 3.12. The predicted octanol–water partition coefficient (Wildman–Crippen LogP) is 1.98. The van der Waals surface area contributed by atoms with Gasteiger partial charge in [0.1, 0.15) is 5.54 Å². The molecule has 1 aromatic rings. The van der Waals surface area contributed by atoms with Crippen LogP contribution in [0.25, 0.3) is 0 Å². The zero-order chi connectivity index (χ0) is 14.4. The van der Waals surface area contributed by atoms with Crippen molar-refractivity contribution in [2.24, 2.45) is 5.92 Å². The smallest absolute Gasteiger partial charge is 0.326 e. The summed E-state index contributed by atoms with van der Waals surface area (Å²) in [5.41, 5.74) is -0.481. The summed E-state index contributed by atoms with van der Waals surface area (Å²) in [6.07, 6.45) is 10.6. The molecule has 0 bridgehead atoms. The first kappa shape index (κ1) is 15.0. The van der Waals surface area contributed by atoms with Gasteiger partial charge in [0, 0.05) is 18.9 Å². The minimum absolute atomic E-state index is 0.0981. The van der Waals surface area contributed by atoms with E-state index < -0.39 is 5.54 Å². The molecule has 0 aliphatic heterocycles. The SMILES string of the molecule is CCCNC1(C(=O)OC)CCCC1CCn1ccnc1. The number of esters is 1. The normalized spacial score (nSPS) is 25.8. The second kappa shape index (κ2) is 6.88. The maximum atomic E-state index is 12.3. The molecule has 1 aliphatic rings. The number of rotatable bonds is 7. The number of carbonyl (C=O) groups excluding carboxylic acids is 1. The average molecular weight is 279 g/mol. The lowest BCUT2D eigenvalue weighted by Crippen LogP contribution is -2.55. The molecule has 1 aliphatic carbocycles. The molecule has 5 heteroatoms. The lowest BCUT2D eigenvalue weighted by Gasteiger charge is -2.34. The lowest BCUT2D eigenvalue weighted by atomic mass is 9.84. The van der Waals surface area contributed by atoms with Crippen LogP contribution in [0.4, 0.5) is 0 Å². The Morgan fingerprint density at radius 2 is 2.45 bits per heavy atom. The highest BCUT2D eigenvalue weighted by atomic mass is 16.5. The van der Waals surface area contributed by atoms with Crippen molar-refractivity contribution in [1.82, 2.24) is 14.9 Å². The molecular weight excluding hydrogens is 254 g/mol. The molecule has 1 N–H and O–H groups in total. The Labute approximate surface area is 120 Å². The van der Waals surface area contributed by atoms with Crippen molar-refractivity contribution >= 4 is 5.97 Å². The van der Waals surface area contributed by atoms with Crippen LogP contribution in [0.1, 0.15) is 39.0 Å². The molecule has 2 rings (SSSR count). The first-order valence-electron chi connectivity index (χ1n) is 7.52. The van der Waals surface area contributed by atoms with E-state index in [1.807, 2.05) is 12.5 Å². The summed E-state index contributed by atoms with van der Waals surface area (Å²) in [6, 6.07) is 0. The quantitative estimate of drug-likeness (QED) is 0.775. The van der Waals surface area contributed by atoms with Crippen LogP contribution in [0.3, 0.4) is 0 Å². The number of ether oxygens (including phenoxy) is 1. The number of aryl methyl sites for hydroxylation is 1. The van der Waals surface area contributed by atoms with Gasteiger partial charge in [0.15, 0.2) is 0 Å². The van der Waals surface area contributed by atoms with Crippen molar-refractivity contribution in [2.75, 3.05) is 13.7 Å². The zero-order valence-electron chi connectivity index (χ0n) is 12.5. The van der Waals surface area contributed by atoms with E-state index in [9.17, 15) is 4.79 Å². The van der Waals surface area contributed by atoms with Gasteiger partial charge in [0.25, 0.3) is 0 Å². The van der Waals surface area contributed by atoms with Crippen molar-refractivity contribution < 1.29 is 9.53 Å². The van der Waals surface area contributed by atoms with Gasteiger partial charge < -0.3 is 14.6 Å². The highest BCUT2D eigenvalue weighted by molar-refractivity contribution is 5.81. The van der Waals surface area contributed by atoms with E-state index in [1.165, 1.54) is 7.11 Å². The Hall–Kier alpha value is -1.36. The number of carbonyl (C=O) groups is 1. The van der Waals surface area contributed by atoms with Gasteiger partial charge in [-0.15, -0.1) is 0 Å². The van der Waals surface area contributed by atoms with Crippen molar-refractivity contribution in [3.8, 4) is 0 Å². The van der Waals surface area contributed by atoms with E-state index >= 15 is 0 Å². The van der Waals surface area contributed by atoms with E-state index in [1.54, 1.807) is 6.20 Å². The monoisotopic (exact) mass is 279 g/mol. The van der Waals surface area contributed by atoms with Crippen LogP contribution in [-0.2, 0) is 16.1 Å². The highest BCUT2D eigenvalue weighted by Crippen LogP contribution is 2.39. The molecule has 0 saturated heterocycles. The number of methoxy groups -OCH3 is 1. The Balaban J connectivity index is 2.05. The van der Waals surface area contributed by atoms with Crippen molar-refractivity contribution in [1.29, 1.82) is 0 Å². The molecule has 2 atom stereocenters. The van der Waals surface area contributed by atoms with Gasteiger partial charge in [0.05, 0.1) is 13.4 Å². The molecule has 1 fully saturated rings. The minimum Gasteiger partial charge on any atom is -0.468 e.